The Morgan fingerprint density at radius 3 is 2.77 bits per heavy atom. The Kier molecular flexibility index (Phi) is 6.09. The van der Waals surface area contributed by atoms with Crippen molar-refractivity contribution in [2.24, 2.45) is 12.0 Å². The van der Waals surface area contributed by atoms with Gasteiger partial charge < -0.3 is 20.1 Å². The predicted octanol–water partition coefficient (Wildman–Crippen LogP) is 1.85. The molecule has 0 bridgehead atoms. The molecule has 1 aliphatic heterocycles. The highest BCUT2D eigenvalue weighted by Crippen LogP contribution is 2.19. The van der Waals surface area contributed by atoms with E-state index in [4.69, 9.17) is 4.99 Å². The molecule has 0 aliphatic carbocycles. The summed E-state index contributed by atoms with van der Waals surface area (Å²) in [6.45, 7) is 7.47. The van der Waals surface area contributed by atoms with E-state index in [1.54, 1.807) is 0 Å². The Bertz CT molecular complexity index is 723. The summed E-state index contributed by atoms with van der Waals surface area (Å²) in [5.41, 5.74) is 1.29. The zero-order valence-electron chi connectivity index (χ0n) is 15.9. The molecule has 140 valence electrons. The smallest absolute Gasteiger partial charge is 0.191 e. The average molecular weight is 355 g/mol. The number of hydrogen-bond acceptors (Lipinski definition) is 4. The Morgan fingerprint density at radius 1 is 1.27 bits per heavy atom. The fourth-order valence-corrected chi connectivity index (χ4v) is 3.22. The summed E-state index contributed by atoms with van der Waals surface area (Å²) < 4.78 is 1.98. The average Bonchev–Trinajstić information content (AvgIpc) is 2.99. The molecular weight excluding hydrogens is 326 g/mol. The molecule has 0 amide bonds. The number of hydrogen-bond donors (Lipinski definition) is 2. The van der Waals surface area contributed by atoms with Crippen molar-refractivity contribution < 1.29 is 0 Å². The largest absolute Gasteiger partial charge is 0.369 e. The first kappa shape index (κ1) is 18.2. The number of nitrogens with zero attached hydrogens (tertiary/aromatic N) is 5. The number of rotatable bonds is 5. The Morgan fingerprint density at radius 2 is 2.08 bits per heavy atom. The number of aryl methyl sites for hydroxylation is 1. The van der Waals surface area contributed by atoms with E-state index < -0.39 is 0 Å². The van der Waals surface area contributed by atoms with Crippen molar-refractivity contribution in [3.05, 3.63) is 42.0 Å². The minimum Gasteiger partial charge on any atom is -0.369 e. The lowest BCUT2D eigenvalue weighted by Gasteiger charge is -2.35. The molecule has 0 saturated carbocycles. The number of piperidine rings is 1. The first-order valence-corrected chi connectivity index (χ1v) is 9.37. The van der Waals surface area contributed by atoms with Crippen LogP contribution < -0.4 is 15.5 Å². The second-order valence-corrected chi connectivity index (χ2v) is 6.68. The fourth-order valence-electron chi connectivity index (χ4n) is 3.22. The van der Waals surface area contributed by atoms with Crippen LogP contribution in [0.3, 0.4) is 0 Å². The molecule has 1 aliphatic rings. The quantitative estimate of drug-likeness (QED) is 0.633. The number of anilines is 1. The number of nitrogens with one attached hydrogen (secondary N) is 2. The van der Waals surface area contributed by atoms with Gasteiger partial charge in [-0.05, 0) is 38.8 Å². The van der Waals surface area contributed by atoms with Crippen LogP contribution in [0, 0.1) is 6.92 Å². The molecule has 3 rings (SSSR count). The number of aliphatic imine (C=N–C) groups is 1. The fraction of sp³-hybridized carbons (Fsp3) is 0.526. The van der Waals surface area contributed by atoms with E-state index in [1.807, 2.05) is 18.5 Å². The first-order valence-electron chi connectivity index (χ1n) is 9.37. The summed E-state index contributed by atoms with van der Waals surface area (Å²) in [6, 6.07) is 11.0. The van der Waals surface area contributed by atoms with Gasteiger partial charge in [0.1, 0.15) is 12.4 Å². The molecular formula is C19H29N7. The van der Waals surface area contributed by atoms with Gasteiger partial charge in [-0.3, -0.25) is 0 Å². The number of aromatic nitrogens is 3. The van der Waals surface area contributed by atoms with Gasteiger partial charge in [0, 0.05) is 38.4 Å². The van der Waals surface area contributed by atoms with Crippen molar-refractivity contribution in [2.45, 2.75) is 39.3 Å². The van der Waals surface area contributed by atoms with E-state index in [9.17, 15) is 0 Å². The summed E-state index contributed by atoms with van der Waals surface area (Å²) in [4.78, 5) is 7.14. The highest BCUT2D eigenvalue weighted by atomic mass is 15.3. The second-order valence-electron chi connectivity index (χ2n) is 6.68. The molecule has 1 fully saturated rings. The standard InChI is InChI=1S/C19H29N7/c1-4-20-19(21-13-18-24-23-15(2)25(18)3)22-16-9-8-12-26(14-16)17-10-6-5-7-11-17/h5-7,10-11,16H,4,8-9,12-14H2,1-3H3,(H2,20,21,22). The van der Waals surface area contributed by atoms with Crippen molar-refractivity contribution in [3.63, 3.8) is 0 Å². The van der Waals surface area contributed by atoms with Crippen LogP contribution in [-0.2, 0) is 13.6 Å². The lowest BCUT2D eigenvalue weighted by molar-refractivity contribution is 0.468. The van der Waals surface area contributed by atoms with Crippen molar-refractivity contribution in [3.8, 4) is 0 Å². The van der Waals surface area contributed by atoms with Crippen LogP contribution in [0.1, 0.15) is 31.4 Å². The zero-order chi connectivity index (χ0) is 18.4. The minimum absolute atomic E-state index is 0.378. The molecule has 2 N–H and O–H groups in total. The van der Waals surface area contributed by atoms with Gasteiger partial charge in [0.15, 0.2) is 11.8 Å². The van der Waals surface area contributed by atoms with Crippen molar-refractivity contribution >= 4 is 11.6 Å². The molecule has 26 heavy (non-hydrogen) atoms. The second kappa shape index (κ2) is 8.69. The molecule has 7 heteroatoms. The van der Waals surface area contributed by atoms with Crippen LogP contribution >= 0.6 is 0 Å². The van der Waals surface area contributed by atoms with Gasteiger partial charge in [0.2, 0.25) is 0 Å². The van der Waals surface area contributed by atoms with Crippen LogP contribution in [-0.4, -0.2) is 46.4 Å². The van der Waals surface area contributed by atoms with Crippen LogP contribution in [0.25, 0.3) is 0 Å². The van der Waals surface area contributed by atoms with Crippen LogP contribution in [0.5, 0.6) is 0 Å². The van der Waals surface area contributed by atoms with Crippen LogP contribution in [0.2, 0.25) is 0 Å². The summed E-state index contributed by atoms with van der Waals surface area (Å²) in [5.74, 6) is 2.61. The third-order valence-corrected chi connectivity index (χ3v) is 4.79. The maximum atomic E-state index is 4.70. The lowest BCUT2D eigenvalue weighted by Crippen LogP contribution is -2.51. The summed E-state index contributed by atoms with van der Waals surface area (Å²) in [6.07, 6.45) is 2.32. The molecule has 0 spiro atoms. The Balaban J connectivity index is 1.63. The third kappa shape index (κ3) is 4.53. The van der Waals surface area contributed by atoms with Gasteiger partial charge in [-0.25, -0.2) is 4.99 Å². The summed E-state index contributed by atoms with van der Waals surface area (Å²) in [7, 11) is 1.97. The Labute approximate surface area is 155 Å². The van der Waals surface area contributed by atoms with Crippen LogP contribution in [0.15, 0.2) is 35.3 Å². The molecule has 2 heterocycles. The van der Waals surface area contributed by atoms with E-state index in [0.717, 1.165) is 43.7 Å². The van der Waals surface area contributed by atoms with Gasteiger partial charge in [-0.1, -0.05) is 18.2 Å². The van der Waals surface area contributed by atoms with Crippen molar-refractivity contribution in [1.82, 2.24) is 25.4 Å². The molecule has 1 saturated heterocycles. The summed E-state index contributed by atoms with van der Waals surface area (Å²) >= 11 is 0. The number of para-hydroxylation sites is 1. The predicted molar refractivity (Wildman–Crippen MR) is 105 cm³/mol. The van der Waals surface area contributed by atoms with Crippen molar-refractivity contribution in [2.75, 3.05) is 24.5 Å². The highest BCUT2D eigenvalue weighted by Gasteiger charge is 2.21. The van der Waals surface area contributed by atoms with E-state index in [-0.39, 0.29) is 0 Å². The van der Waals surface area contributed by atoms with E-state index in [1.165, 1.54) is 12.1 Å². The molecule has 1 aromatic carbocycles. The maximum absolute atomic E-state index is 4.70. The molecule has 1 atom stereocenters. The molecule has 0 radical (unpaired) electrons. The van der Waals surface area contributed by atoms with Gasteiger partial charge in [-0.2, -0.15) is 0 Å². The topological polar surface area (TPSA) is 70.4 Å². The van der Waals surface area contributed by atoms with Gasteiger partial charge >= 0.3 is 0 Å². The van der Waals surface area contributed by atoms with Gasteiger partial charge in [0.25, 0.3) is 0 Å². The van der Waals surface area contributed by atoms with E-state index >= 15 is 0 Å². The SMILES string of the molecule is CCNC(=NCc1nnc(C)n1C)NC1CCCN(c2ccccc2)C1. The Hall–Kier alpha value is -2.57. The highest BCUT2D eigenvalue weighted by molar-refractivity contribution is 5.80. The third-order valence-electron chi connectivity index (χ3n) is 4.79. The molecule has 1 aromatic heterocycles. The lowest BCUT2D eigenvalue weighted by atomic mass is 10.1. The molecule has 2 aromatic rings. The van der Waals surface area contributed by atoms with Crippen molar-refractivity contribution in [1.29, 1.82) is 0 Å². The number of guanidine groups is 1. The van der Waals surface area contributed by atoms with E-state index in [0.29, 0.717) is 12.6 Å². The first-order chi connectivity index (χ1) is 12.7. The number of benzene rings is 1. The van der Waals surface area contributed by atoms with E-state index in [2.05, 4.69) is 63.0 Å². The minimum atomic E-state index is 0.378. The monoisotopic (exact) mass is 355 g/mol. The van der Waals surface area contributed by atoms with Gasteiger partial charge in [0.05, 0.1) is 0 Å². The zero-order valence-corrected chi connectivity index (χ0v) is 15.9. The molecule has 1 unspecified atom stereocenters. The summed E-state index contributed by atoms with van der Waals surface area (Å²) in [5, 5.41) is 15.2. The van der Waals surface area contributed by atoms with Crippen LogP contribution in [0.4, 0.5) is 5.69 Å². The normalized spacial score (nSPS) is 18.0. The van der Waals surface area contributed by atoms with Gasteiger partial charge in [-0.15, -0.1) is 10.2 Å². The molecule has 7 nitrogen and oxygen atoms in total. The maximum Gasteiger partial charge on any atom is 0.191 e.